The second kappa shape index (κ2) is 2.42. The maximum atomic E-state index is 10.3. The topological polar surface area (TPSA) is 59.2 Å². The Morgan fingerprint density at radius 1 is 1.90 bits per heavy atom. The highest BCUT2D eigenvalue weighted by Crippen LogP contribution is 2.18. The van der Waals surface area contributed by atoms with Gasteiger partial charge in [-0.15, -0.1) is 0 Å². The lowest BCUT2D eigenvalue weighted by molar-refractivity contribution is -0.133. The Balaban J connectivity index is 2.46. The number of carboxylic acids is 1. The SMILES string of the molecule is C=C(C(=O)O)C(C)C1CN1. The van der Waals surface area contributed by atoms with E-state index in [1.165, 1.54) is 0 Å². The van der Waals surface area contributed by atoms with Crippen LogP contribution in [0.25, 0.3) is 0 Å². The summed E-state index contributed by atoms with van der Waals surface area (Å²) < 4.78 is 0. The molecule has 0 aliphatic carbocycles. The zero-order valence-corrected chi connectivity index (χ0v) is 5.92. The molecule has 0 aromatic rings. The molecule has 1 fully saturated rings. The molecular weight excluding hydrogens is 130 g/mol. The van der Waals surface area contributed by atoms with Gasteiger partial charge in [0.2, 0.25) is 0 Å². The molecule has 0 spiro atoms. The number of aliphatic carboxylic acids is 1. The molecule has 3 heteroatoms. The maximum absolute atomic E-state index is 10.3. The molecule has 0 saturated carbocycles. The first kappa shape index (κ1) is 7.28. The first-order valence-electron chi connectivity index (χ1n) is 3.28. The highest BCUT2D eigenvalue weighted by molar-refractivity contribution is 5.86. The van der Waals surface area contributed by atoms with E-state index in [4.69, 9.17) is 5.11 Å². The number of hydrogen-bond donors (Lipinski definition) is 2. The largest absolute Gasteiger partial charge is 0.478 e. The molecule has 2 atom stereocenters. The number of rotatable bonds is 3. The number of nitrogens with one attached hydrogen (secondary N) is 1. The van der Waals surface area contributed by atoms with Crippen molar-refractivity contribution in [2.24, 2.45) is 5.92 Å². The van der Waals surface area contributed by atoms with Crippen molar-refractivity contribution in [3.8, 4) is 0 Å². The quantitative estimate of drug-likeness (QED) is 0.437. The van der Waals surface area contributed by atoms with Gasteiger partial charge in [0.05, 0.1) is 0 Å². The van der Waals surface area contributed by atoms with E-state index in [-0.39, 0.29) is 5.92 Å². The van der Waals surface area contributed by atoms with Crippen LogP contribution in [0.2, 0.25) is 0 Å². The predicted molar refractivity (Wildman–Crippen MR) is 37.7 cm³/mol. The van der Waals surface area contributed by atoms with Crippen LogP contribution in [0.1, 0.15) is 6.92 Å². The standard InChI is InChI=1S/C7H11NO2/c1-4(6-3-8-6)5(2)7(9)10/h4,6,8H,2-3H2,1H3,(H,9,10). The van der Waals surface area contributed by atoms with Gasteiger partial charge in [-0.05, 0) is 0 Å². The second-order valence-electron chi connectivity index (χ2n) is 2.63. The van der Waals surface area contributed by atoms with Gasteiger partial charge in [-0.3, -0.25) is 0 Å². The van der Waals surface area contributed by atoms with Crippen molar-refractivity contribution in [2.45, 2.75) is 13.0 Å². The first-order chi connectivity index (χ1) is 4.63. The van der Waals surface area contributed by atoms with Gasteiger partial charge in [-0.2, -0.15) is 0 Å². The summed E-state index contributed by atoms with van der Waals surface area (Å²) in [6, 6.07) is 0.351. The molecule has 0 radical (unpaired) electrons. The normalized spacial score (nSPS) is 25.5. The Kier molecular flexibility index (Phi) is 1.76. The number of carboxylic acid groups (broad SMARTS) is 1. The minimum atomic E-state index is -0.888. The minimum absolute atomic E-state index is 0.0671. The van der Waals surface area contributed by atoms with Crippen molar-refractivity contribution >= 4 is 5.97 Å². The van der Waals surface area contributed by atoms with E-state index in [0.29, 0.717) is 11.6 Å². The van der Waals surface area contributed by atoms with Crippen molar-refractivity contribution in [1.29, 1.82) is 0 Å². The van der Waals surface area contributed by atoms with Gasteiger partial charge in [-0.25, -0.2) is 4.79 Å². The molecule has 2 unspecified atom stereocenters. The summed E-state index contributed by atoms with van der Waals surface area (Å²) in [4.78, 5) is 10.3. The molecule has 10 heavy (non-hydrogen) atoms. The van der Waals surface area contributed by atoms with Crippen molar-refractivity contribution in [1.82, 2.24) is 5.32 Å². The summed E-state index contributed by atoms with van der Waals surface area (Å²) in [5, 5.41) is 11.5. The van der Waals surface area contributed by atoms with Gasteiger partial charge in [0.25, 0.3) is 0 Å². The zero-order valence-electron chi connectivity index (χ0n) is 5.92. The summed E-state index contributed by atoms with van der Waals surface area (Å²) in [5.74, 6) is -0.821. The Hall–Kier alpha value is -0.830. The number of carbonyl (C=O) groups is 1. The Bertz CT molecular complexity index is 172. The average molecular weight is 141 g/mol. The molecule has 1 saturated heterocycles. The Labute approximate surface area is 59.7 Å². The van der Waals surface area contributed by atoms with Gasteiger partial charge < -0.3 is 10.4 Å². The van der Waals surface area contributed by atoms with E-state index in [1.807, 2.05) is 6.92 Å². The first-order valence-corrected chi connectivity index (χ1v) is 3.28. The zero-order chi connectivity index (χ0) is 7.72. The van der Waals surface area contributed by atoms with Crippen LogP contribution in [-0.4, -0.2) is 23.7 Å². The lowest BCUT2D eigenvalue weighted by atomic mass is 10.00. The highest BCUT2D eigenvalue weighted by Gasteiger charge is 2.30. The third-order valence-electron chi connectivity index (χ3n) is 1.87. The van der Waals surface area contributed by atoms with E-state index in [1.54, 1.807) is 0 Å². The molecule has 0 amide bonds. The molecule has 1 aliphatic rings. The van der Waals surface area contributed by atoms with Crippen LogP contribution in [-0.2, 0) is 4.79 Å². The van der Waals surface area contributed by atoms with Crippen molar-refractivity contribution in [2.75, 3.05) is 6.54 Å². The Morgan fingerprint density at radius 2 is 2.40 bits per heavy atom. The average Bonchev–Trinajstić information content (AvgIpc) is 2.65. The third-order valence-corrected chi connectivity index (χ3v) is 1.87. The summed E-state index contributed by atoms with van der Waals surface area (Å²) >= 11 is 0. The summed E-state index contributed by atoms with van der Waals surface area (Å²) in [5.41, 5.74) is 0.301. The smallest absolute Gasteiger partial charge is 0.331 e. The van der Waals surface area contributed by atoms with Gasteiger partial charge >= 0.3 is 5.97 Å². The van der Waals surface area contributed by atoms with Crippen LogP contribution in [0.15, 0.2) is 12.2 Å². The van der Waals surface area contributed by atoms with Crippen molar-refractivity contribution < 1.29 is 9.90 Å². The molecule has 0 bridgehead atoms. The molecule has 1 aliphatic heterocycles. The lowest BCUT2D eigenvalue weighted by Crippen LogP contribution is -2.15. The van der Waals surface area contributed by atoms with E-state index < -0.39 is 5.97 Å². The van der Waals surface area contributed by atoms with Gasteiger partial charge in [0.15, 0.2) is 0 Å². The van der Waals surface area contributed by atoms with Crippen LogP contribution in [0, 0.1) is 5.92 Å². The van der Waals surface area contributed by atoms with Crippen molar-refractivity contribution in [3.63, 3.8) is 0 Å². The van der Waals surface area contributed by atoms with E-state index in [0.717, 1.165) is 6.54 Å². The second-order valence-corrected chi connectivity index (χ2v) is 2.63. The predicted octanol–water partition coefficient (Wildman–Crippen LogP) is 0.235. The molecule has 1 rings (SSSR count). The lowest BCUT2D eigenvalue weighted by Gasteiger charge is -2.06. The fourth-order valence-corrected chi connectivity index (χ4v) is 0.859. The van der Waals surface area contributed by atoms with Crippen molar-refractivity contribution in [3.05, 3.63) is 12.2 Å². The van der Waals surface area contributed by atoms with Crippen LogP contribution in [0.3, 0.4) is 0 Å². The summed E-state index contributed by atoms with van der Waals surface area (Å²) in [6.07, 6.45) is 0. The molecule has 1 heterocycles. The Morgan fingerprint density at radius 3 is 2.70 bits per heavy atom. The maximum Gasteiger partial charge on any atom is 0.331 e. The molecule has 0 aromatic carbocycles. The molecular formula is C7H11NO2. The van der Waals surface area contributed by atoms with E-state index in [9.17, 15) is 4.79 Å². The third kappa shape index (κ3) is 1.36. The fourth-order valence-electron chi connectivity index (χ4n) is 0.859. The molecule has 0 aromatic heterocycles. The van der Waals surface area contributed by atoms with Gasteiger partial charge in [0, 0.05) is 24.1 Å². The van der Waals surface area contributed by atoms with E-state index in [2.05, 4.69) is 11.9 Å². The monoisotopic (exact) mass is 141 g/mol. The fraction of sp³-hybridized carbons (Fsp3) is 0.571. The van der Waals surface area contributed by atoms with Crippen LogP contribution >= 0.6 is 0 Å². The molecule has 56 valence electrons. The minimum Gasteiger partial charge on any atom is -0.478 e. The van der Waals surface area contributed by atoms with E-state index >= 15 is 0 Å². The van der Waals surface area contributed by atoms with Crippen LogP contribution in [0.4, 0.5) is 0 Å². The van der Waals surface area contributed by atoms with Crippen LogP contribution in [0.5, 0.6) is 0 Å². The van der Waals surface area contributed by atoms with Gasteiger partial charge in [-0.1, -0.05) is 13.5 Å². The van der Waals surface area contributed by atoms with Crippen LogP contribution < -0.4 is 5.32 Å². The van der Waals surface area contributed by atoms with Gasteiger partial charge in [0.1, 0.15) is 0 Å². The summed E-state index contributed by atoms with van der Waals surface area (Å²) in [6.45, 7) is 6.28. The highest BCUT2D eigenvalue weighted by atomic mass is 16.4. The summed E-state index contributed by atoms with van der Waals surface area (Å²) in [7, 11) is 0. The number of hydrogen-bond acceptors (Lipinski definition) is 2. The molecule has 2 N–H and O–H groups in total. The molecule has 3 nitrogen and oxygen atoms in total.